The zero-order chi connectivity index (χ0) is 15.4. The number of hydrogen-bond donors (Lipinski definition) is 1. The summed E-state index contributed by atoms with van der Waals surface area (Å²) in [5.41, 5.74) is 2.82. The number of anilines is 1. The van der Waals surface area contributed by atoms with Crippen LogP contribution >= 0.6 is 0 Å². The van der Waals surface area contributed by atoms with Gasteiger partial charge in [-0.3, -0.25) is 9.78 Å². The van der Waals surface area contributed by atoms with Gasteiger partial charge in [0.15, 0.2) is 6.61 Å². The molecule has 0 saturated carbocycles. The Balaban J connectivity index is 1.60. The number of nitrogens with one attached hydrogen (secondary N) is 1. The van der Waals surface area contributed by atoms with Crippen molar-refractivity contribution in [2.45, 2.75) is 6.92 Å². The number of pyridine rings is 1. The van der Waals surface area contributed by atoms with Crippen LogP contribution in [0.2, 0.25) is 0 Å². The molecule has 0 bridgehead atoms. The molecule has 0 aliphatic heterocycles. The number of hydrogen-bond acceptors (Lipinski definition) is 3. The lowest BCUT2D eigenvalue weighted by Crippen LogP contribution is -2.20. The van der Waals surface area contributed by atoms with Crippen molar-refractivity contribution in [2.24, 2.45) is 0 Å². The van der Waals surface area contributed by atoms with Gasteiger partial charge in [-0.1, -0.05) is 23.8 Å². The van der Waals surface area contributed by atoms with Gasteiger partial charge < -0.3 is 10.1 Å². The number of aryl methyl sites for hydroxylation is 1. The van der Waals surface area contributed by atoms with Crippen LogP contribution in [0, 0.1) is 6.92 Å². The zero-order valence-corrected chi connectivity index (χ0v) is 12.2. The van der Waals surface area contributed by atoms with Crippen molar-refractivity contribution in [2.75, 3.05) is 11.9 Å². The topological polar surface area (TPSA) is 51.2 Å². The SMILES string of the molecule is Cc1ccc(NC(=O)COc2ccc3ncccc3c2)cc1. The molecule has 3 aromatic rings. The minimum absolute atomic E-state index is 0.0281. The Kier molecular flexibility index (Phi) is 4.01. The van der Waals surface area contributed by atoms with E-state index in [-0.39, 0.29) is 12.5 Å². The van der Waals surface area contributed by atoms with E-state index in [1.165, 1.54) is 0 Å². The third kappa shape index (κ3) is 3.41. The fourth-order valence-corrected chi connectivity index (χ4v) is 2.13. The Morgan fingerprint density at radius 1 is 1.14 bits per heavy atom. The van der Waals surface area contributed by atoms with Crippen molar-refractivity contribution in [3.63, 3.8) is 0 Å². The van der Waals surface area contributed by atoms with E-state index in [2.05, 4.69) is 10.3 Å². The molecule has 0 unspecified atom stereocenters. The third-order valence-corrected chi connectivity index (χ3v) is 3.28. The Bertz CT molecular complexity index is 798. The molecule has 3 rings (SSSR count). The van der Waals surface area contributed by atoms with Crippen LogP contribution in [0.3, 0.4) is 0 Å². The highest BCUT2D eigenvalue weighted by molar-refractivity contribution is 5.92. The van der Waals surface area contributed by atoms with Gasteiger partial charge in [-0.05, 0) is 43.3 Å². The molecule has 110 valence electrons. The number of nitrogens with zero attached hydrogens (tertiary/aromatic N) is 1. The van der Waals surface area contributed by atoms with Crippen molar-refractivity contribution in [1.29, 1.82) is 0 Å². The van der Waals surface area contributed by atoms with Gasteiger partial charge in [-0.15, -0.1) is 0 Å². The number of benzene rings is 2. The van der Waals surface area contributed by atoms with Gasteiger partial charge in [0.1, 0.15) is 5.75 Å². The summed E-state index contributed by atoms with van der Waals surface area (Å²) in [6.45, 7) is 1.98. The van der Waals surface area contributed by atoms with E-state index in [0.29, 0.717) is 5.75 Å². The lowest BCUT2D eigenvalue weighted by molar-refractivity contribution is -0.118. The molecule has 0 fully saturated rings. The van der Waals surface area contributed by atoms with Gasteiger partial charge in [-0.25, -0.2) is 0 Å². The standard InChI is InChI=1S/C18H16N2O2/c1-13-4-6-15(7-5-13)20-18(21)12-22-16-8-9-17-14(11-16)3-2-10-19-17/h2-11H,12H2,1H3,(H,20,21). The zero-order valence-electron chi connectivity index (χ0n) is 12.2. The minimum Gasteiger partial charge on any atom is -0.484 e. The smallest absolute Gasteiger partial charge is 0.262 e. The molecule has 0 atom stereocenters. The van der Waals surface area contributed by atoms with Crippen LogP contribution in [0.15, 0.2) is 60.8 Å². The van der Waals surface area contributed by atoms with E-state index in [9.17, 15) is 4.79 Å². The van der Waals surface area contributed by atoms with E-state index in [4.69, 9.17) is 4.74 Å². The molecule has 4 heteroatoms. The molecule has 0 aliphatic carbocycles. The molecular weight excluding hydrogens is 276 g/mol. The summed E-state index contributed by atoms with van der Waals surface area (Å²) >= 11 is 0. The van der Waals surface area contributed by atoms with Crippen LogP contribution in [-0.4, -0.2) is 17.5 Å². The van der Waals surface area contributed by atoms with Gasteiger partial charge in [0.05, 0.1) is 5.52 Å². The maximum absolute atomic E-state index is 11.9. The van der Waals surface area contributed by atoms with E-state index >= 15 is 0 Å². The van der Waals surface area contributed by atoms with Crippen LogP contribution in [0.4, 0.5) is 5.69 Å². The minimum atomic E-state index is -0.185. The van der Waals surface area contributed by atoms with E-state index in [0.717, 1.165) is 22.2 Å². The highest BCUT2D eigenvalue weighted by Crippen LogP contribution is 2.19. The molecule has 0 spiro atoms. The second kappa shape index (κ2) is 6.26. The normalized spacial score (nSPS) is 10.4. The summed E-state index contributed by atoms with van der Waals surface area (Å²) in [4.78, 5) is 16.1. The monoisotopic (exact) mass is 292 g/mol. The number of amides is 1. The summed E-state index contributed by atoms with van der Waals surface area (Å²) in [7, 11) is 0. The van der Waals surface area contributed by atoms with Gasteiger partial charge in [0, 0.05) is 17.3 Å². The maximum atomic E-state index is 11.9. The van der Waals surface area contributed by atoms with Crippen molar-refractivity contribution >= 4 is 22.5 Å². The second-order valence-electron chi connectivity index (χ2n) is 5.06. The van der Waals surface area contributed by atoms with Crippen LogP contribution in [0.25, 0.3) is 10.9 Å². The Hall–Kier alpha value is -2.88. The van der Waals surface area contributed by atoms with Crippen LogP contribution in [0.1, 0.15) is 5.56 Å². The number of carbonyl (C=O) groups is 1. The Morgan fingerprint density at radius 2 is 1.95 bits per heavy atom. The lowest BCUT2D eigenvalue weighted by Gasteiger charge is -2.08. The molecule has 1 N–H and O–H groups in total. The fourth-order valence-electron chi connectivity index (χ4n) is 2.13. The van der Waals surface area contributed by atoms with Crippen LogP contribution < -0.4 is 10.1 Å². The number of fused-ring (bicyclic) bond motifs is 1. The molecule has 1 amide bonds. The largest absolute Gasteiger partial charge is 0.484 e. The summed E-state index contributed by atoms with van der Waals surface area (Å²) < 4.78 is 5.53. The maximum Gasteiger partial charge on any atom is 0.262 e. The number of aromatic nitrogens is 1. The van der Waals surface area contributed by atoms with Gasteiger partial charge in [0.25, 0.3) is 5.91 Å². The quantitative estimate of drug-likeness (QED) is 0.800. The summed E-state index contributed by atoms with van der Waals surface area (Å²) in [5.74, 6) is 0.467. The highest BCUT2D eigenvalue weighted by atomic mass is 16.5. The van der Waals surface area contributed by atoms with Gasteiger partial charge >= 0.3 is 0 Å². The second-order valence-corrected chi connectivity index (χ2v) is 5.06. The average molecular weight is 292 g/mol. The highest BCUT2D eigenvalue weighted by Gasteiger charge is 2.04. The number of ether oxygens (including phenoxy) is 1. The molecule has 0 saturated heterocycles. The molecular formula is C18H16N2O2. The van der Waals surface area contributed by atoms with Crippen LogP contribution in [-0.2, 0) is 4.79 Å². The molecule has 0 aliphatic rings. The van der Waals surface area contributed by atoms with Crippen LogP contribution in [0.5, 0.6) is 5.75 Å². The third-order valence-electron chi connectivity index (χ3n) is 3.28. The Morgan fingerprint density at radius 3 is 2.77 bits per heavy atom. The van der Waals surface area contributed by atoms with Crippen molar-refractivity contribution in [3.05, 3.63) is 66.4 Å². The molecule has 1 heterocycles. The first-order valence-electron chi connectivity index (χ1n) is 7.05. The molecule has 2 aromatic carbocycles. The van der Waals surface area contributed by atoms with Gasteiger partial charge in [-0.2, -0.15) is 0 Å². The number of rotatable bonds is 4. The van der Waals surface area contributed by atoms with Gasteiger partial charge in [0.2, 0.25) is 0 Å². The predicted molar refractivity (Wildman–Crippen MR) is 87.0 cm³/mol. The predicted octanol–water partition coefficient (Wildman–Crippen LogP) is 3.56. The molecule has 0 radical (unpaired) electrons. The first-order valence-corrected chi connectivity index (χ1v) is 7.05. The summed E-state index contributed by atoms with van der Waals surface area (Å²) in [6, 6.07) is 17.0. The first-order chi connectivity index (χ1) is 10.7. The van der Waals surface area contributed by atoms with E-state index in [1.54, 1.807) is 6.20 Å². The van der Waals surface area contributed by atoms with E-state index in [1.807, 2.05) is 61.5 Å². The van der Waals surface area contributed by atoms with Crippen molar-refractivity contribution in [3.8, 4) is 5.75 Å². The van der Waals surface area contributed by atoms with Crippen molar-refractivity contribution in [1.82, 2.24) is 4.98 Å². The summed E-state index contributed by atoms with van der Waals surface area (Å²) in [6.07, 6.45) is 1.75. The Labute approximate surface area is 128 Å². The fraction of sp³-hybridized carbons (Fsp3) is 0.111. The molecule has 1 aromatic heterocycles. The number of carbonyl (C=O) groups excluding carboxylic acids is 1. The first kappa shape index (κ1) is 14.1. The van der Waals surface area contributed by atoms with Crippen molar-refractivity contribution < 1.29 is 9.53 Å². The molecule has 4 nitrogen and oxygen atoms in total. The summed E-state index contributed by atoms with van der Waals surface area (Å²) in [5, 5.41) is 3.79. The lowest BCUT2D eigenvalue weighted by atomic mass is 10.2. The van der Waals surface area contributed by atoms with E-state index < -0.39 is 0 Å². The average Bonchev–Trinajstić information content (AvgIpc) is 2.55. The molecule has 22 heavy (non-hydrogen) atoms.